The lowest BCUT2D eigenvalue weighted by Crippen LogP contribution is -2.29. The molecule has 0 saturated carbocycles. The SMILES string of the molecule is CC1=NNC(=O)C1CC(=O)NN=Cc1cccc(Cl)c1Cl. The van der Waals surface area contributed by atoms with Gasteiger partial charge in [-0.3, -0.25) is 9.59 Å². The van der Waals surface area contributed by atoms with Crippen LogP contribution in [0, 0.1) is 5.92 Å². The summed E-state index contributed by atoms with van der Waals surface area (Å²) in [4.78, 5) is 23.1. The average Bonchev–Trinajstić information content (AvgIpc) is 2.75. The molecule has 0 bridgehead atoms. The molecule has 110 valence electrons. The average molecular weight is 327 g/mol. The van der Waals surface area contributed by atoms with Crippen LogP contribution in [0.15, 0.2) is 28.4 Å². The van der Waals surface area contributed by atoms with Crippen molar-refractivity contribution < 1.29 is 9.59 Å². The Morgan fingerprint density at radius 1 is 1.52 bits per heavy atom. The van der Waals surface area contributed by atoms with Crippen LogP contribution in [0.2, 0.25) is 10.0 Å². The predicted octanol–water partition coefficient (Wildman–Crippen LogP) is 1.96. The molecule has 0 spiro atoms. The van der Waals surface area contributed by atoms with Crippen LogP contribution in [0.3, 0.4) is 0 Å². The Kier molecular flexibility index (Phi) is 4.93. The molecule has 0 saturated heterocycles. The summed E-state index contributed by atoms with van der Waals surface area (Å²) in [6, 6.07) is 5.09. The van der Waals surface area contributed by atoms with Gasteiger partial charge in [0, 0.05) is 17.7 Å². The third kappa shape index (κ3) is 3.80. The van der Waals surface area contributed by atoms with Gasteiger partial charge in [0.1, 0.15) is 0 Å². The van der Waals surface area contributed by atoms with E-state index in [1.807, 2.05) is 0 Å². The van der Waals surface area contributed by atoms with E-state index >= 15 is 0 Å². The third-order valence-electron chi connectivity index (χ3n) is 2.93. The minimum atomic E-state index is -0.546. The molecule has 2 N–H and O–H groups in total. The number of rotatable bonds is 4. The Morgan fingerprint density at radius 2 is 2.29 bits per heavy atom. The molecule has 6 nitrogen and oxygen atoms in total. The summed E-state index contributed by atoms with van der Waals surface area (Å²) < 4.78 is 0. The first-order chi connectivity index (χ1) is 9.99. The Bertz CT molecular complexity index is 643. The van der Waals surface area contributed by atoms with Gasteiger partial charge in [-0.15, -0.1) is 0 Å². The van der Waals surface area contributed by atoms with Gasteiger partial charge in [0.15, 0.2) is 0 Å². The summed E-state index contributed by atoms with van der Waals surface area (Å²) in [5.74, 6) is -1.22. The number of hydrogen-bond donors (Lipinski definition) is 2. The second-order valence-corrected chi connectivity index (χ2v) is 5.21. The van der Waals surface area contributed by atoms with E-state index in [9.17, 15) is 9.59 Å². The van der Waals surface area contributed by atoms with E-state index in [2.05, 4.69) is 21.1 Å². The topological polar surface area (TPSA) is 82.9 Å². The van der Waals surface area contributed by atoms with Crippen LogP contribution in [0.5, 0.6) is 0 Å². The van der Waals surface area contributed by atoms with Gasteiger partial charge >= 0.3 is 0 Å². The number of carbonyl (C=O) groups is 2. The quantitative estimate of drug-likeness (QED) is 0.654. The van der Waals surface area contributed by atoms with Gasteiger partial charge in [-0.1, -0.05) is 35.3 Å². The molecule has 2 amide bonds. The molecule has 1 aromatic carbocycles. The zero-order chi connectivity index (χ0) is 15.4. The Labute approximate surface area is 131 Å². The lowest BCUT2D eigenvalue weighted by Gasteiger charge is -2.05. The molecule has 1 heterocycles. The van der Waals surface area contributed by atoms with E-state index in [4.69, 9.17) is 23.2 Å². The predicted molar refractivity (Wildman–Crippen MR) is 81.6 cm³/mol. The van der Waals surface area contributed by atoms with Crippen LogP contribution in [-0.2, 0) is 9.59 Å². The summed E-state index contributed by atoms with van der Waals surface area (Å²) in [7, 11) is 0. The Morgan fingerprint density at radius 3 is 2.95 bits per heavy atom. The summed E-state index contributed by atoms with van der Waals surface area (Å²) >= 11 is 11.8. The lowest BCUT2D eigenvalue weighted by atomic mass is 10.0. The maximum atomic E-state index is 11.7. The van der Waals surface area contributed by atoms with Crippen molar-refractivity contribution in [2.24, 2.45) is 16.1 Å². The maximum Gasteiger partial charge on any atom is 0.249 e. The van der Waals surface area contributed by atoms with Gasteiger partial charge < -0.3 is 0 Å². The molecule has 0 fully saturated rings. The second-order valence-electron chi connectivity index (χ2n) is 4.42. The van der Waals surface area contributed by atoms with Crippen LogP contribution in [0.1, 0.15) is 18.9 Å². The maximum absolute atomic E-state index is 11.7. The van der Waals surface area contributed by atoms with Crippen molar-refractivity contribution in [3.63, 3.8) is 0 Å². The number of halogens is 2. The number of hydrazone groups is 2. The lowest BCUT2D eigenvalue weighted by molar-refractivity contribution is -0.127. The minimum absolute atomic E-state index is 0.0121. The van der Waals surface area contributed by atoms with E-state index in [1.165, 1.54) is 6.21 Å². The van der Waals surface area contributed by atoms with Crippen LogP contribution in [0.4, 0.5) is 0 Å². The molecule has 1 unspecified atom stereocenters. The molecular weight excluding hydrogens is 315 g/mol. The number of nitrogens with one attached hydrogen (secondary N) is 2. The summed E-state index contributed by atoms with van der Waals surface area (Å²) in [6.07, 6.45) is 1.38. The van der Waals surface area contributed by atoms with Crippen molar-refractivity contribution in [2.45, 2.75) is 13.3 Å². The highest BCUT2D eigenvalue weighted by Gasteiger charge is 2.28. The van der Waals surface area contributed by atoms with Gasteiger partial charge in [-0.05, 0) is 13.0 Å². The molecule has 0 aliphatic carbocycles. The molecule has 8 heteroatoms. The van der Waals surface area contributed by atoms with Gasteiger partial charge in [-0.25, -0.2) is 10.9 Å². The van der Waals surface area contributed by atoms with Crippen LogP contribution < -0.4 is 10.9 Å². The van der Waals surface area contributed by atoms with Crippen molar-refractivity contribution >= 4 is 46.9 Å². The molecule has 21 heavy (non-hydrogen) atoms. The molecule has 0 aromatic heterocycles. The molecule has 0 radical (unpaired) electrons. The fourth-order valence-electron chi connectivity index (χ4n) is 1.75. The molecule has 1 aliphatic rings. The number of carbonyl (C=O) groups excluding carboxylic acids is 2. The highest BCUT2D eigenvalue weighted by Crippen LogP contribution is 2.24. The first-order valence-corrected chi connectivity index (χ1v) is 6.84. The minimum Gasteiger partial charge on any atom is -0.273 e. The van der Waals surface area contributed by atoms with Crippen molar-refractivity contribution in [3.05, 3.63) is 33.8 Å². The van der Waals surface area contributed by atoms with Crippen molar-refractivity contribution in [3.8, 4) is 0 Å². The number of nitrogens with zero attached hydrogens (tertiary/aromatic N) is 2. The summed E-state index contributed by atoms with van der Waals surface area (Å²) in [6.45, 7) is 1.69. The molecule has 2 rings (SSSR count). The van der Waals surface area contributed by atoms with E-state index in [1.54, 1.807) is 25.1 Å². The van der Waals surface area contributed by atoms with E-state index < -0.39 is 5.92 Å². The smallest absolute Gasteiger partial charge is 0.249 e. The van der Waals surface area contributed by atoms with Crippen molar-refractivity contribution in [1.82, 2.24) is 10.9 Å². The van der Waals surface area contributed by atoms with Crippen molar-refractivity contribution in [2.75, 3.05) is 0 Å². The van der Waals surface area contributed by atoms with Gasteiger partial charge in [0.2, 0.25) is 11.8 Å². The molecule has 1 aromatic rings. The Hall–Kier alpha value is -1.92. The second kappa shape index (κ2) is 6.69. The summed E-state index contributed by atoms with van der Waals surface area (Å²) in [5, 5.41) is 8.32. The van der Waals surface area contributed by atoms with Crippen LogP contribution in [-0.4, -0.2) is 23.7 Å². The fraction of sp³-hybridized carbons (Fsp3) is 0.231. The highest BCUT2D eigenvalue weighted by atomic mass is 35.5. The van der Waals surface area contributed by atoms with E-state index in [-0.39, 0.29) is 18.2 Å². The number of hydrogen-bond acceptors (Lipinski definition) is 4. The highest BCUT2D eigenvalue weighted by molar-refractivity contribution is 6.43. The van der Waals surface area contributed by atoms with Crippen molar-refractivity contribution in [1.29, 1.82) is 0 Å². The van der Waals surface area contributed by atoms with E-state index in [0.717, 1.165) is 0 Å². The normalized spacial score (nSPS) is 17.8. The molecule has 1 aliphatic heterocycles. The zero-order valence-corrected chi connectivity index (χ0v) is 12.6. The standard InChI is InChI=1S/C13H12Cl2N4O2/c1-7-9(13(21)19-17-7)5-11(20)18-16-6-8-3-2-4-10(14)12(8)15/h2-4,6,9H,5H2,1H3,(H,18,20)(H,19,21). The molecule has 1 atom stereocenters. The number of benzene rings is 1. The number of amides is 2. The summed E-state index contributed by atoms with van der Waals surface area (Å²) in [5.41, 5.74) is 5.82. The zero-order valence-electron chi connectivity index (χ0n) is 11.1. The van der Waals surface area contributed by atoms with E-state index in [0.29, 0.717) is 21.3 Å². The fourth-order valence-corrected chi connectivity index (χ4v) is 2.11. The van der Waals surface area contributed by atoms with Crippen LogP contribution in [0.25, 0.3) is 0 Å². The monoisotopic (exact) mass is 326 g/mol. The van der Waals surface area contributed by atoms with Gasteiger partial charge in [0.05, 0.1) is 22.2 Å². The largest absolute Gasteiger partial charge is 0.273 e. The van der Waals surface area contributed by atoms with Gasteiger partial charge in [0.25, 0.3) is 0 Å². The Balaban J connectivity index is 1.92. The molecular formula is C13H12Cl2N4O2. The van der Waals surface area contributed by atoms with Gasteiger partial charge in [-0.2, -0.15) is 10.2 Å². The van der Waals surface area contributed by atoms with Crippen LogP contribution >= 0.6 is 23.2 Å². The first kappa shape index (κ1) is 15.5. The third-order valence-corrected chi connectivity index (χ3v) is 3.76. The first-order valence-electron chi connectivity index (χ1n) is 6.09.